The Morgan fingerprint density at radius 3 is 2.68 bits per heavy atom. The molecule has 1 aromatic rings. The topological polar surface area (TPSA) is 23.6 Å². The molecule has 0 amide bonds. The van der Waals surface area contributed by atoms with Crippen LogP contribution >= 0.6 is 0 Å². The van der Waals surface area contributed by atoms with Crippen molar-refractivity contribution in [3.05, 3.63) is 29.6 Å². The molecule has 0 bridgehead atoms. The number of carbonyl (C=O) groups is 1. The molecule has 0 aromatic heterocycles. The first-order chi connectivity index (χ1) is 9.15. The standard InChI is InChI=1S/C15H21FN2O/c1-3-18-8-6-14(7-9-18)17(2)15-5-4-13(16)10-12(15)11-19/h4-5,10-11,14H,3,6-9H2,1-2H3. The Morgan fingerprint density at radius 2 is 2.11 bits per heavy atom. The lowest BCUT2D eigenvalue weighted by molar-refractivity contribution is 0.112. The zero-order valence-electron chi connectivity index (χ0n) is 11.6. The van der Waals surface area contributed by atoms with Crippen LogP contribution in [0.1, 0.15) is 30.1 Å². The quantitative estimate of drug-likeness (QED) is 0.781. The van der Waals surface area contributed by atoms with E-state index >= 15 is 0 Å². The number of aldehydes is 1. The third kappa shape index (κ3) is 3.13. The smallest absolute Gasteiger partial charge is 0.152 e. The molecule has 1 fully saturated rings. The molecule has 3 nitrogen and oxygen atoms in total. The molecule has 0 atom stereocenters. The summed E-state index contributed by atoms with van der Waals surface area (Å²) in [5.41, 5.74) is 1.26. The first kappa shape index (κ1) is 14.0. The minimum absolute atomic E-state index is 0.361. The van der Waals surface area contributed by atoms with Crippen LogP contribution in [0.5, 0.6) is 0 Å². The molecular formula is C15H21FN2O. The van der Waals surface area contributed by atoms with E-state index in [0.29, 0.717) is 11.6 Å². The highest BCUT2D eigenvalue weighted by molar-refractivity contribution is 5.84. The molecule has 0 aliphatic carbocycles. The largest absolute Gasteiger partial charge is 0.371 e. The molecule has 1 aliphatic rings. The molecule has 1 aliphatic heterocycles. The highest BCUT2D eigenvalue weighted by Gasteiger charge is 2.23. The summed E-state index contributed by atoms with van der Waals surface area (Å²) in [6.07, 6.45) is 2.90. The van der Waals surface area contributed by atoms with Crippen molar-refractivity contribution in [2.75, 3.05) is 31.6 Å². The van der Waals surface area contributed by atoms with Crippen molar-refractivity contribution < 1.29 is 9.18 Å². The SMILES string of the molecule is CCN1CCC(N(C)c2ccc(F)cc2C=O)CC1. The van der Waals surface area contributed by atoms with E-state index in [9.17, 15) is 9.18 Å². The third-order valence-corrected chi connectivity index (χ3v) is 4.05. The van der Waals surface area contributed by atoms with Gasteiger partial charge in [-0.25, -0.2) is 4.39 Å². The lowest BCUT2D eigenvalue weighted by atomic mass is 10.0. The first-order valence-corrected chi connectivity index (χ1v) is 6.85. The molecule has 2 rings (SSSR count). The number of hydrogen-bond donors (Lipinski definition) is 0. The van der Waals surface area contributed by atoms with Gasteiger partial charge in [-0.05, 0) is 37.6 Å². The number of benzene rings is 1. The van der Waals surface area contributed by atoms with E-state index in [1.807, 2.05) is 7.05 Å². The number of nitrogens with zero attached hydrogens (tertiary/aromatic N) is 2. The second-order valence-electron chi connectivity index (χ2n) is 5.10. The zero-order chi connectivity index (χ0) is 13.8. The van der Waals surface area contributed by atoms with Gasteiger partial charge in [0.05, 0.1) is 0 Å². The highest BCUT2D eigenvalue weighted by Crippen LogP contribution is 2.25. The van der Waals surface area contributed by atoms with Crippen molar-refractivity contribution in [2.24, 2.45) is 0 Å². The van der Waals surface area contributed by atoms with Crippen molar-refractivity contribution in [3.8, 4) is 0 Å². The lowest BCUT2D eigenvalue weighted by Crippen LogP contribution is -2.43. The van der Waals surface area contributed by atoms with Crippen LogP contribution in [0.15, 0.2) is 18.2 Å². The summed E-state index contributed by atoms with van der Waals surface area (Å²) in [6.45, 7) is 5.44. The maximum Gasteiger partial charge on any atom is 0.152 e. The van der Waals surface area contributed by atoms with E-state index in [1.165, 1.54) is 12.1 Å². The Morgan fingerprint density at radius 1 is 1.42 bits per heavy atom. The van der Waals surface area contributed by atoms with Crippen molar-refractivity contribution in [1.29, 1.82) is 0 Å². The zero-order valence-corrected chi connectivity index (χ0v) is 11.6. The summed E-state index contributed by atoms with van der Waals surface area (Å²) in [5, 5.41) is 0. The maximum atomic E-state index is 13.2. The van der Waals surface area contributed by atoms with E-state index in [0.717, 1.165) is 44.4 Å². The second kappa shape index (κ2) is 6.15. The Labute approximate surface area is 114 Å². The third-order valence-electron chi connectivity index (χ3n) is 4.05. The monoisotopic (exact) mass is 264 g/mol. The van der Waals surface area contributed by atoms with Crippen LogP contribution in [0, 0.1) is 5.82 Å². The molecule has 0 radical (unpaired) electrons. The van der Waals surface area contributed by atoms with Crippen molar-refractivity contribution in [3.63, 3.8) is 0 Å². The van der Waals surface area contributed by atoms with Gasteiger partial charge in [-0.15, -0.1) is 0 Å². The highest BCUT2D eigenvalue weighted by atomic mass is 19.1. The molecule has 0 N–H and O–H groups in total. The summed E-state index contributed by atoms with van der Waals surface area (Å²) in [7, 11) is 1.99. The van der Waals surface area contributed by atoms with Crippen LogP contribution in [0.4, 0.5) is 10.1 Å². The van der Waals surface area contributed by atoms with Gasteiger partial charge in [0, 0.05) is 37.4 Å². The molecule has 1 heterocycles. The average Bonchev–Trinajstić information content (AvgIpc) is 2.46. The number of halogens is 1. The van der Waals surface area contributed by atoms with Gasteiger partial charge >= 0.3 is 0 Å². The van der Waals surface area contributed by atoms with Gasteiger partial charge in [-0.3, -0.25) is 4.79 Å². The van der Waals surface area contributed by atoms with Gasteiger partial charge in [0.1, 0.15) is 5.82 Å². The van der Waals surface area contributed by atoms with E-state index < -0.39 is 0 Å². The molecule has 104 valence electrons. The number of piperidine rings is 1. The second-order valence-corrected chi connectivity index (χ2v) is 5.10. The average molecular weight is 264 g/mol. The summed E-state index contributed by atoms with van der Waals surface area (Å²) in [6, 6.07) is 4.85. The Bertz CT molecular complexity index is 442. The van der Waals surface area contributed by atoms with Gasteiger partial charge in [0.2, 0.25) is 0 Å². The molecule has 0 unspecified atom stereocenters. The van der Waals surface area contributed by atoms with E-state index in [4.69, 9.17) is 0 Å². The van der Waals surface area contributed by atoms with Crippen LogP contribution in [-0.2, 0) is 0 Å². The molecular weight excluding hydrogens is 243 g/mol. The number of anilines is 1. The number of rotatable bonds is 4. The summed E-state index contributed by atoms with van der Waals surface area (Å²) in [4.78, 5) is 15.6. The molecule has 1 aromatic carbocycles. The molecule has 1 saturated heterocycles. The fraction of sp³-hybridized carbons (Fsp3) is 0.533. The number of hydrogen-bond acceptors (Lipinski definition) is 3. The minimum atomic E-state index is -0.361. The predicted molar refractivity (Wildman–Crippen MR) is 75.3 cm³/mol. The van der Waals surface area contributed by atoms with Crippen LogP contribution in [-0.4, -0.2) is 43.9 Å². The Kier molecular flexibility index (Phi) is 4.53. The van der Waals surface area contributed by atoms with E-state index in [2.05, 4.69) is 16.7 Å². The molecule has 0 saturated carbocycles. The maximum absolute atomic E-state index is 13.2. The lowest BCUT2D eigenvalue weighted by Gasteiger charge is -2.37. The molecule has 4 heteroatoms. The van der Waals surface area contributed by atoms with Gasteiger partial charge in [0.15, 0.2) is 6.29 Å². The molecule has 0 spiro atoms. The number of carbonyl (C=O) groups excluding carboxylic acids is 1. The first-order valence-electron chi connectivity index (χ1n) is 6.85. The minimum Gasteiger partial charge on any atom is -0.371 e. The van der Waals surface area contributed by atoms with Crippen LogP contribution < -0.4 is 4.90 Å². The van der Waals surface area contributed by atoms with Crippen LogP contribution in [0.3, 0.4) is 0 Å². The summed E-state index contributed by atoms with van der Waals surface area (Å²) >= 11 is 0. The Hall–Kier alpha value is -1.42. The van der Waals surface area contributed by atoms with Crippen molar-refractivity contribution >= 4 is 12.0 Å². The fourth-order valence-electron chi connectivity index (χ4n) is 2.76. The van der Waals surface area contributed by atoms with Gasteiger partial charge < -0.3 is 9.80 Å². The van der Waals surface area contributed by atoms with E-state index in [1.54, 1.807) is 6.07 Å². The summed E-state index contributed by atoms with van der Waals surface area (Å²) < 4.78 is 13.2. The number of likely N-dealkylation sites (tertiary alicyclic amines) is 1. The molecule has 19 heavy (non-hydrogen) atoms. The Balaban J connectivity index is 2.11. The van der Waals surface area contributed by atoms with Crippen LogP contribution in [0.25, 0.3) is 0 Å². The normalized spacial score (nSPS) is 17.4. The van der Waals surface area contributed by atoms with Crippen LogP contribution in [0.2, 0.25) is 0 Å². The van der Waals surface area contributed by atoms with Gasteiger partial charge in [-0.1, -0.05) is 6.92 Å². The predicted octanol–water partition coefficient (Wildman–Crippen LogP) is 2.56. The summed E-state index contributed by atoms with van der Waals surface area (Å²) in [5.74, 6) is -0.361. The van der Waals surface area contributed by atoms with Crippen molar-refractivity contribution in [2.45, 2.75) is 25.8 Å². The van der Waals surface area contributed by atoms with Crippen molar-refractivity contribution in [1.82, 2.24) is 4.90 Å². The van der Waals surface area contributed by atoms with Gasteiger partial charge in [0.25, 0.3) is 0 Å². The van der Waals surface area contributed by atoms with Gasteiger partial charge in [-0.2, -0.15) is 0 Å². The van der Waals surface area contributed by atoms with E-state index in [-0.39, 0.29) is 5.82 Å². The fourth-order valence-corrected chi connectivity index (χ4v) is 2.76.